The molecule has 0 radical (unpaired) electrons. The fraction of sp³-hybridized carbons (Fsp3) is 0.316. The average molecular weight is 328 g/mol. The highest BCUT2D eigenvalue weighted by Crippen LogP contribution is 2.28. The normalized spacial score (nSPS) is 10.5. The van der Waals surface area contributed by atoms with Gasteiger partial charge in [-0.25, -0.2) is 0 Å². The number of ether oxygens (including phenoxy) is 2. The van der Waals surface area contributed by atoms with Gasteiger partial charge in [0.05, 0.1) is 7.11 Å². The Kier molecular flexibility index (Phi) is 6.21. The summed E-state index contributed by atoms with van der Waals surface area (Å²) in [5.41, 5.74) is 10.1. The van der Waals surface area contributed by atoms with Crippen LogP contribution in [0, 0.1) is 13.8 Å². The summed E-state index contributed by atoms with van der Waals surface area (Å²) in [6.45, 7) is 5.60. The van der Waals surface area contributed by atoms with Crippen molar-refractivity contribution in [3.05, 3.63) is 58.7 Å². The van der Waals surface area contributed by atoms with Crippen LogP contribution < -0.4 is 20.5 Å². The van der Waals surface area contributed by atoms with Gasteiger partial charge in [-0.15, -0.1) is 0 Å². The van der Waals surface area contributed by atoms with Gasteiger partial charge in [-0.1, -0.05) is 24.3 Å². The third-order valence-electron chi connectivity index (χ3n) is 3.96. The van der Waals surface area contributed by atoms with E-state index in [0.717, 1.165) is 12.1 Å². The summed E-state index contributed by atoms with van der Waals surface area (Å²) in [4.78, 5) is 10.8. The molecule has 0 unspecified atom stereocenters. The van der Waals surface area contributed by atoms with Gasteiger partial charge in [0.2, 0.25) is 0 Å². The number of hydrogen-bond acceptors (Lipinski definition) is 4. The van der Waals surface area contributed by atoms with Crippen molar-refractivity contribution < 1.29 is 14.3 Å². The fourth-order valence-corrected chi connectivity index (χ4v) is 2.43. The maximum absolute atomic E-state index is 10.8. The number of carbonyl (C=O) groups is 1. The molecule has 128 valence electrons. The number of hydrogen-bond donors (Lipinski definition) is 2. The van der Waals surface area contributed by atoms with Crippen molar-refractivity contribution in [2.75, 3.05) is 13.7 Å². The van der Waals surface area contributed by atoms with Gasteiger partial charge >= 0.3 is 0 Å². The molecule has 0 atom stereocenters. The predicted molar refractivity (Wildman–Crippen MR) is 94.1 cm³/mol. The number of primary amides is 1. The maximum atomic E-state index is 10.8. The lowest BCUT2D eigenvalue weighted by atomic mass is 10.0. The van der Waals surface area contributed by atoms with Crippen LogP contribution >= 0.6 is 0 Å². The van der Waals surface area contributed by atoms with Gasteiger partial charge in [0.1, 0.15) is 0 Å². The van der Waals surface area contributed by atoms with Crippen molar-refractivity contribution in [2.45, 2.75) is 26.9 Å². The van der Waals surface area contributed by atoms with Gasteiger partial charge in [0.25, 0.3) is 5.91 Å². The first-order valence-electron chi connectivity index (χ1n) is 7.85. The van der Waals surface area contributed by atoms with Crippen LogP contribution in [0.3, 0.4) is 0 Å². The smallest absolute Gasteiger partial charge is 0.255 e. The minimum atomic E-state index is -0.517. The summed E-state index contributed by atoms with van der Waals surface area (Å²) in [6.07, 6.45) is 0. The average Bonchev–Trinajstić information content (AvgIpc) is 2.57. The molecular formula is C19H24N2O3. The van der Waals surface area contributed by atoms with Crippen LogP contribution in [0.1, 0.15) is 22.3 Å². The van der Waals surface area contributed by atoms with E-state index in [-0.39, 0.29) is 6.61 Å². The van der Waals surface area contributed by atoms with Crippen molar-refractivity contribution in [1.82, 2.24) is 5.32 Å². The maximum Gasteiger partial charge on any atom is 0.255 e. The zero-order chi connectivity index (χ0) is 17.5. The Balaban J connectivity index is 1.97. The number of rotatable bonds is 8. The summed E-state index contributed by atoms with van der Waals surface area (Å²) in [5, 5.41) is 3.44. The zero-order valence-electron chi connectivity index (χ0n) is 14.4. The second-order valence-corrected chi connectivity index (χ2v) is 5.70. The molecule has 0 spiro atoms. The first-order valence-corrected chi connectivity index (χ1v) is 7.85. The lowest BCUT2D eigenvalue weighted by Crippen LogP contribution is -2.20. The number of carbonyl (C=O) groups excluding carboxylic acids is 1. The van der Waals surface area contributed by atoms with E-state index < -0.39 is 5.91 Å². The van der Waals surface area contributed by atoms with Crippen LogP contribution in [-0.4, -0.2) is 19.6 Å². The Morgan fingerprint density at radius 3 is 2.62 bits per heavy atom. The Morgan fingerprint density at radius 2 is 1.92 bits per heavy atom. The largest absolute Gasteiger partial charge is 0.493 e. The molecule has 5 nitrogen and oxygen atoms in total. The summed E-state index contributed by atoms with van der Waals surface area (Å²) < 4.78 is 10.6. The summed E-state index contributed by atoms with van der Waals surface area (Å²) in [5.74, 6) is 0.577. The molecule has 3 N–H and O–H groups in total. The number of aryl methyl sites for hydroxylation is 1. The van der Waals surface area contributed by atoms with Gasteiger partial charge in [-0.3, -0.25) is 4.79 Å². The molecule has 0 fully saturated rings. The molecule has 24 heavy (non-hydrogen) atoms. The second-order valence-electron chi connectivity index (χ2n) is 5.70. The lowest BCUT2D eigenvalue weighted by Gasteiger charge is -2.13. The van der Waals surface area contributed by atoms with Crippen molar-refractivity contribution in [3.63, 3.8) is 0 Å². The van der Waals surface area contributed by atoms with E-state index in [1.165, 1.54) is 16.7 Å². The number of nitrogens with two attached hydrogens (primary N) is 1. The molecule has 0 heterocycles. The lowest BCUT2D eigenvalue weighted by molar-refractivity contribution is -0.119. The Hall–Kier alpha value is -2.53. The predicted octanol–water partition coefficient (Wildman–Crippen LogP) is 2.47. The van der Waals surface area contributed by atoms with Gasteiger partial charge in [-0.2, -0.15) is 0 Å². The Bertz CT molecular complexity index is 714. The van der Waals surface area contributed by atoms with Crippen LogP contribution in [0.5, 0.6) is 11.5 Å². The van der Waals surface area contributed by atoms with E-state index in [2.05, 4.69) is 37.4 Å². The van der Waals surface area contributed by atoms with Crippen LogP contribution in [0.2, 0.25) is 0 Å². The van der Waals surface area contributed by atoms with Gasteiger partial charge in [0, 0.05) is 13.1 Å². The van der Waals surface area contributed by atoms with Crippen molar-refractivity contribution in [1.29, 1.82) is 0 Å². The minimum Gasteiger partial charge on any atom is -0.493 e. The molecule has 0 saturated heterocycles. The molecule has 0 bridgehead atoms. The van der Waals surface area contributed by atoms with E-state index in [4.69, 9.17) is 15.2 Å². The van der Waals surface area contributed by atoms with Crippen LogP contribution in [-0.2, 0) is 17.9 Å². The molecule has 2 rings (SSSR count). The van der Waals surface area contributed by atoms with Gasteiger partial charge in [0.15, 0.2) is 18.1 Å². The van der Waals surface area contributed by atoms with Crippen LogP contribution in [0.15, 0.2) is 36.4 Å². The van der Waals surface area contributed by atoms with E-state index in [9.17, 15) is 4.79 Å². The number of nitrogens with one attached hydrogen (secondary N) is 1. The quantitative estimate of drug-likeness (QED) is 0.781. The SMILES string of the molecule is COc1cc(CNCc2cccc(C)c2C)ccc1OCC(N)=O. The van der Waals surface area contributed by atoms with E-state index in [1.807, 2.05) is 12.1 Å². The summed E-state index contributed by atoms with van der Waals surface area (Å²) >= 11 is 0. The highest BCUT2D eigenvalue weighted by atomic mass is 16.5. The Labute approximate surface area is 142 Å². The third kappa shape index (κ3) is 4.73. The van der Waals surface area contributed by atoms with Crippen molar-refractivity contribution in [2.24, 2.45) is 5.73 Å². The first-order chi connectivity index (χ1) is 11.5. The molecule has 2 aromatic rings. The summed E-state index contributed by atoms with van der Waals surface area (Å²) in [6, 6.07) is 12.0. The van der Waals surface area contributed by atoms with Crippen LogP contribution in [0.4, 0.5) is 0 Å². The fourth-order valence-electron chi connectivity index (χ4n) is 2.43. The molecule has 0 saturated carbocycles. The van der Waals surface area contributed by atoms with Gasteiger partial charge < -0.3 is 20.5 Å². The number of amides is 1. The first kappa shape index (κ1) is 17.8. The second kappa shape index (κ2) is 8.36. The van der Waals surface area contributed by atoms with E-state index in [1.54, 1.807) is 13.2 Å². The third-order valence-corrected chi connectivity index (χ3v) is 3.96. The molecule has 1 amide bonds. The standard InChI is InChI=1S/C19H24N2O3/c1-13-5-4-6-16(14(13)2)11-21-10-15-7-8-17(18(9-15)23-3)24-12-19(20)22/h4-9,21H,10-12H2,1-3H3,(H2,20,22). The highest BCUT2D eigenvalue weighted by molar-refractivity contribution is 5.75. The van der Waals surface area contributed by atoms with E-state index in [0.29, 0.717) is 18.0 Å². The number of benzene rings is 2. The summed E-state index contributed by atoms with van der Waals surface area (Å²) in [7, 11) is 1.57. The molecule has 0 aromatic heterocycles. The number of methoxy groups -OCH3 is 1. The monoisotopic (exact) mass is 328 g/mol. The van der Waals surface area contributed by atoms with E-state index >= 15 is 0 Å². The molecule has 5 heteroatoms. The Morgan fingerprint density at radius 1 is 1.12 bits per heavy atom. The van der Waals surface area contributed by atoms with Gasteiger partial charge in [-0.05, 0) is 48.2 Å². The molecular weight excluding hydrogens is 304 g/mol. The molecule has 0 aliphatic heterocycles. The van der Waals surface area contributed by atoms with Crippen LogP contribution in [0.25, 0.3) is 0 Å². The highest BCUT2D eigenvalue weighted by Gasteiger charge is 2.07. The molecule has 2 aromatic carbocycles. The topological polar surface area (TPSA) is 73.6 Å². The van der Waals surface area contributed by atoms with Crippen molar-refractivity contribution in [3.8, 4) is 11.5 Å². The zero-order valence-corrected chi connectivity index (χ0v) is 14.4. The molecule has 0 aliphatic carbocycles. The minimum absolute atomic E-state index is 0.166. The van der Waals surface area contributed by atoms with Crippen molar-refractivity contribution >= 4 is 5.91 Å². The molecule has 0 aliphatic rings.